The molecule has 1 unspecified atom stereocenters. The molecule has 0 bridgehead atoms. The van der Waals surface area contributed by atoms with Gasteiger partial charge in [-0.25, -0.2) is 0 Å². The molecule has 5 heteroatoms. The summed E-state index contributed by atoms with van der Waals surface area (Å²) in [6, 6.07) is 0.388. The predicted molar refractivity (Wildman–Crippen MR) is 89.2 cm³/mol. The van der Waals surface area contributed by atoms with Crippen molar-refractivity contribution in [2.75, 3.05) is 21.1 Å². The van der Waals surface area contributed by atoms with E-state index in [0.717, 1.165) is 29.4 Å². The molecule has 20 heavy (non-hydrogen) atoms. The quantitative estimate of drug-likeness (QED) is 0.825. The molecule has 1 heterocycles. The van der Waals surface area contributed by atoms with Crippen LogP contribution in [0.25, 0.3) is 0 Å². The molecule has 0 saturated heterocycles. The van der Waals surface area contributed by atoms with Crippen LogP contribution in [0.2, 0.25) is 0 Å². The zero-order valence-corrected chi connectivity index (χ0v) is 15.5. The Balaban J connectivity index is 3.13. The predicted octanol–water partition coefficient (Wildman–Crippen LogP) is 2.74. The van der Waals surface area contributed by atoms with E-state index in [1.165, 1.54) is 5.69 Å². The second-order valence-corrected chi connectivity index (χ2v) is 6.51. The number of hydrogen-bond donors (Lipinski definition) is 1. The van der Waals surface area contributed by atoms with Crippen molar-refractivity contribution in [3.63, 3.8) is 0 Å². The minimum atomic E-state index is 0.159. The third-order valence-electron chi connectivity index (χ3n) is 4.77. The lowest BCUT2D eigenvalue weighted by Crippen LogP contribution is -2.58. The molecule has 0 saturated carbocycles. The number of hydrogen-bond acceptors (Lipinski definition) is 3. The van der Waals surface area contributed by atoms with E-state index in [2.05, 4.69) is 66.2 Å². The Bertz CT molecular complexity index is 435. The molecule has 0 aliphatic heterocycles. The van der Waals surface area contributed by atoms with Gasteiger partial charge >= 0.3 is 0 Å². The molecule has 1 aromatic rings. The van der Waals surface area contributed by atoms with Gasteiger partial charge in [0.2, 0.25) is 0 Å². The van der Waals surface area contributed by atoms with Crippen molar-refractivity contribution in [1.82, 2.24) is 20.0 Å². The van der Waals surface area contributed by atoms with Gasteiger partial charge in [0.1, 0.15) is 0 Å². The Morgan fingerprint density at radius 1 is 1.35 bits per heavy atom. The SMILES string of the molecule is CCC(CC)(C(Cc1c(Br)c(C)nn1C)NC)N(C)C. The molecule has 1 atom stereocenters. The number of likely N-dealkylation sites (N-methyl/N-ethyl adjacent to an activating group) is 2. The highest BCUT2D eigenvalue weighted by Gasteiger charge is 2.37. The maximum atomic E-state index is 4.50. The Hall–Kier alpha value is -0.390. The van der Waals surface area contributed by atoms with E-state index in [1.54, 1.807) is 0 Å². The van der Waals surface area contributed by atoms with Gasteiger partial charge in [0.25, 0.3) is 0 Å². The first kappa shape index (κ1) is 17.7. The smallest absolute Gasteiger partial charge is 0.0738 e. The average Bonchev–Trinajstić information content (AvgIpc) is 2.64. The van der Waals surface area contributed by atoms with Crippen molar-refractivity contribution in [1.29, 1.82) is 0 Å². The molecule has 0 aliphatic carbocycles. The molecule has 0 aromatic carbocycles. The van der Waals surface area contributed by atoms with Crippen LogP contribution in [-0.4, -0.2) is 47.4 Å². The molecule has 1 aromatic heterocycles. The Kier molecular flexibility index (Phi) is 6.23. The highest BCUT2D eigenvalue weighted by atomic mass is 79.9. The standard InChI is InChI=1S/C15H29BrN4/c1-8-15(9-2,19(5)6)13(17-4)10-12-14(16)11(3)18-20(12)7/h13,17H,8-10H2,1-7H3. The third kappa shape index (κ3) is 3.10. The van der Waals surface area contributed by atoms with Crippen LogP contribution in [0.5, 0.6) is 0 Å². The number of halogens is 1. The van der Waals surface area contributed by atoms with E-state index in [0.29, 0.717) is 6.04 Å². The van der Waals surface area contributed by atoms with E-state index in [4.69, 9.17) is 0 Å². The highest BCUT2D eigenvalue weighted by molar-refractivity contribution is 9.10. The van der Waals surface area contributed by atoms with Crippen molar-refractivity contribution in [2.24, 2.45) is 7.05 Å². The van der Waals surface area contributed by atoms with Gasteiger partial charge in [-0.1, -0.05) is 13.8 Å². The summed E-state index contributed by atoms with van der Waals surface area (Å²) in [6.45, 7) is 6.59. The van der Waals surface area contributed by atoms with Crippen LogP contribution in [0, 0.1) is 6.92 Å². The first-order valence-electron chi connectivity index (χ1n) is 7.36. The number of nitrogens with zero attached hydrogens (tertiary/aromatic N) is 3. The highest BCUT2D eigenvalue weighted by Crippen LogP contribution is 2.30. The Labute approximate surface area is 132 Å². The first-order valence-corrected chi connectivity index (χ1v) is 8.15. The largest absolute Gasteiger partial charge is 0.315 e. The molecule has 1 rings (SSSR count). The minimum Gasteiger partial charge on any atom is -0.315 e. The van der Waals surface area contributed by atoms with Crippen LogP contribution in [0.3, 0.4) is 0 Å². The fraction of sp³-hybridized carbons (Fsp3) is 0.800. The van der Waals surface area contributed by atoms with E-state index in [1.807, 2.05) is 18.7 Å². The minimum absolute atomic E-state index is 0.159. The summed E-state index contributed by atoms with van der Waals surface area (Å²) in [5.74, 6) is 0. The molecule has 4 nitrogen and oxygen atoms in total. The third-order valence-corrected chi connectivity index (χ3v) is 5.80. The average molecular weight is 345 g/mol. The van der Waals surface area contributed by atoms with Crippen LogP contribution in [0.15, 0.2) is 4.47 Å². The second kappa shape index (κ2) is 7.05. The van der Waals surface area contributed by atoms with Gasteiger partial charge in [-0.2, -0.15) is 5.10 Å². The number of rotatable bonds is 7. The summed E-state index contributed by atoms with van der Waals surface area (Å²) >= 11 is 3.68. The van der Waals surface area contributed by atoms with E-state index >= 15 is 0 Å². The lowest BCUT2D eigenvalue weighted by atomic mass is 9.81. The monoisotopic (exact) mass is 344 g/mol. The van der Waals surface area contributed by atoms with Crippen molar-refractivity contribution >= 4 is 15.9 Å². The molecule has 0 spiro atoms. The molecule has 0 radical (unpaired) electrons. The van der Waals surface area contributed by atoms with Crippen molar-refractivity contribution in [3.05, 3.63) is 15.9 Å². The maximum absolute atomic E-state index is 4.50. The fourth-order valence-electron chi connectivity index (χ4n) is 3.34. The molecule has 116 valence electrons. The van der Waals surface area contributed by atoms with E-state index in [9.17, 15) is 0 Å². The molecular weight excluding hydrogens is 316 g/mol. The van der Waals surface area contributed by atoms with Crippen LogP contribution in [-0.2, 0) is 13.5 Å². The molecular formula is C15H29BrN4. The maximum Gasteiger partial charge on any atom is 0.0738 e. The zero-order chi connectivity index (χ0) is 15.5. The van der Waals surface area contributed by atoms with E-state index < -0.39 is 0 Å². The first-order chi connectivity index (χ1) is 9.33. The van der Waals surface area contributed by atoms with Gasteiger partial charge in [0, 0.05) is 25.0 Å². The van der Waals surface area contributed by atoms with Crippen LogP contribution >= 0.6 is 15.9 Å². The van der Waals surface area contributed by atoms with Crippen molar-refractivity contribution < 1.29 is 0 Å². The van der Waals surface area contributed by atoms with Gasteiger partial charge in [-0.15, -0.1) is 0 Å². The number of aryl methyl sites for hydroxylation is 2. The van der Waals surface area contributed by atoms with Gasteiger partial charge in [0.15, 0.2) is 0 Å². The van der Waals surface area contributed by atoms with Gasteiger partial charge < -0.3 is 10.2 Å². The summed E-state index contributed by atoms with van der Waals surface area (Å²) in [5, 5.41) is 8.04. The zero-order valence-electron chi connectivity index (χ0n) is 13.9. The van der Waals surface area contributed by atoms with Gasteiger partial charge in [-0.3, -0.25) is 4.68 Å². The fourth-order valence-corrected chi connectivity index (χ4v) is 3.84. The summed E-state index contributed by atoms with van der Waals surface area (Å²) in [7, 11) is 8.45. The topological polar surface area (TPSA) is 33.1 Å². The lowest BCUT2D eigenvalue weighted by molar-refractivity contribution is 0.0908. The van der Waals surface area contributed by atoms with Crippen molar-refractivity contribution in [2.45, 2.75) is 51.6 Å². The van der Waals surface area contributed by atoms with Crippen LogP contribution < -0.4 is 5.32 Å². The molecule has 0 fully saturated rings. The molecule has 0 aliphatic rings. The summed E-state index contributed by atoms with van der Waals surface area (Å²) < 4.78 is 3.13. The van der Waals surface area contributed by atoms with Crippen LogP contribution in [0.1, 0.15) is 38.1 Å². The molecule has 1 N–H and O–H groups in total. The molecule has 0 amide bonds. The number of aromatic nitrogens is 2. The summed E-state index contributed by atoms with van der Waals surface area (Å²) in [6.07, 6.45) is 3.21. The van der Waals surface area contributed by atoms with Crippen molar-refractivity contribution in [3.8, 4) is 0 Å². The normalized spacial score (nSPS) is 14.1. The Morgan fingerprint density at radius 2 is 1.90 bits per heavy atom. The van der Waals surface area contributed by atoms with Crippen LogP contribution in [0.4, 0.5) is 0 Å². The second-order valence-electron chi connectivity index (χ2n) is 5.72. The van der Waals surface area contributed by atoms with Gasteiger partial charge in [0.05, 0.1) is 15.9 Å². The summed E-state index contributed by atoms with van der Waals surface area (Å²) in [4.78, 5) is 2.37. The number of nitrogens with one attached hydrogen (secondary N) is 1. The van der Waals surface area contributed by atoms with Gasteiger partial charge in [-0.05, 0) is 56.8 Å². The Morgan fingerprint density at radius 3 is 2.20 bits per heavy atom. The summed E-state index contributed by atoms with van der Waals surface area (Å²) in [5.41, 5.74) is 2.47. The van der Waals surface area contributed by atoms with E-state index in [-0.39, 0.29) is 5.54 Å². The lowest BCUT2D eigenvalue weighted by Gasteiger charge is -2.45.